The van der Waals surface area contributed by atoms with Crippen LogP contribution in [0.5, 0.6) is 0 Å². The Morgan fingerprint density at radius 1 is 1.44 bits per heavy atom. The molecule has 0 amide bonds. The summed E-state index contributed by atoms with van der Waals surface area (Å²) in [7, 11) is 1.31. The van der Waals surface area contributed by atoms with E-state index >= 15 is 0 Å². The molecule has 0 saturated heterocycles. The maximum atomic E-state index is 12.1. The van der Waals surface area contributed by atoms with Crippen LogP contribution in [0.15, 0.2) is 0 Å². The summed E-state index contributed by atoms with van der Waals surface area (Å²) < 4.78 is 4.76. The van der Waals surface area contributed by atoms with E-state index in [1.807, 2.05) is 0 Å². The molecule has 0 aromatic heterocycles. The molecule has 88 valence electrons. The van der Waals surface area contributed by atoms with Gasteiger partial charge in [0.15, 0.2) is 5.78 Å². The molecule has 0 N–H and O–H groups in total. The molecular weight excluding hydrogens is 204 g/mol. The molecule has 1 rings (SSSR count). The van der Waals surface area contributed by atoms with Gasteiger partial charge < -0.3 is 4.74 Å². The lowest BCUT2D eigenvalue weighted by Crippen LogP contribution is -2.40. The minimum absolute atomic E-state index is 0.0444. The molecule has 1 saturated carbocycles. The minimum atomic E-state index is -1.07. The van der Waals surface area contributed by atoms with Crippen molar-refractivity contribution >= 4 is 11.8 Å². The van der Waals surface area contributed by atoms with Crippen LogP contribution >= 0.6 is 0 Å². The highest BCUT2D eigenvalue weighted by Gasteiger charge is 2.45. The zero-order valence-corrected chi connectivity index (χ0v) is 9.75. The van der Waals surface area contributed by atoms with Gasteiger partial charge in [0.25, 0.3) is 0 Å². The lowest BCUT2D eigenvalue weighted by molar-refractivity contribution is -0.158. The first-order valence-electron chi connectivity index (χ1n) is 5.72. The zero-order chi connectivity index (χ0) is 12.0. The summed E-state index contributed by atoms with van der Waals surface area (Å²) in [4.78, 5) is 23.9. The number of terminal acetylenes is 1. The molecule has 3 nitrogen and oxygen atoms in total. The number of hydrogen-bond acceptors (Lipinski definition) is 3. The van der Waals surface area contributed by atoms with Gasteiger partial charge in [-0.05, 0) is 12.8 Å². The molecule has 1 aliphatic rings. The quantitative estimate of drug-likeness (QED) is 0.408. The van der Waals surface area contributed by atoms with Crippen molar-refractivity contribution in [1.29, 1.82) is 0 Å². The summed E-state index contributed by atoms with van der Waals surface area (Å²) in [5.41, 5.74) is -1.07. The predicted molar refractivity (Wildman–Crippen MR) is 60.6 cm³/mol. The average molecular weight is 222 g/mol. The van der Waals surface area contributed by atoms with Crippen LogP contribution in [0.3, 0.4) is 0 Å². The van der Waals surface area contributed by atoms with E-state index < -0.39 is 11.4 Å². The summed E-state index contributed by atoms with van der Waals surface area (Å²) in [5, 5.41) is 0. The largest absolute Gasteiger partial charge is 0.468 e. The van der Waals surface area contributed by atoms with Crippen LogP contribution in [0, 0.1) is 17.8 Å². The lowest BCUT2D eigenvalue weighted by Gasteiger charge is -2.29. The standard InChI is InChI=1S/C13H18O3/c1-3-9-13(12(15)16-2)10-7-5-4-6-8-11(13)14/h1H,4-10H2,2H3. The molecule has 1 fully saturated rings. The van der Waals surface area contributed by atoms with Gasteiger partial charge in [-0.1, -0.05) is 19.3 Å². The van der Waals surface area contributed by atoms with Crippen LogP contribution in [-0.2, 0) is 14.3 Å². The fourth-order valence-electron chi connectivity index (χ4n) is 2.29. The van der Waals surface area contributed by atoms with Crippen LogP contribution in [0.1, 0.15) is 44.9 Å². The molecular formula is C13H18O3. The van der Waals surface area contributed by atoms with Crippen molar-refractivity contribution in [1.82, 2.24) is 0 Å². The minimum Gasteiger partial charge on any atom is -0.468 e. The number of methoxy groups -OCH3 is 1. The fourth-order valence-corrected chi connectivity index (χ4v) is 2.29. The van der Waals surface area contributed by atoms with E-state index in [0.717, 1.165) is 25.7 Å². The molecule has 1 atom stereocenters. The van der Waals surface area contributed by atoms with Crippen LogP contribution in [0.4, 0.5) is 0 Å². The molecule has 0 heterocycles. The van der Waals surface area contributed by atoms with Crippen molar-refractivity contribution in [2.75, 3.05) is 7.11 Å². The molecule has 0 spiro atoms. The highest BCUT2D eigenvalue weighted by molar-refractivity contribution is 6.04. The Hall–Kier alpha value is -1.30. The first-order chi connectivity index (χ1) is 7.67. The highest BCUT2D eigenvalue weighted by atomic mass is 16.5. The Morgan fingerprint density at radius 3 is 2.75 bits per heavy atom. The summed E-state index contributed by atoms with van der Waals surface area (Å²) in [6.07, 6.45) is 10.2. The second kappa shape index (κ2) is 5.69. The van der Waals surface area contributed by atoms with Crippen LogP contribution < -0.4 is 0 Å². The Labute approximate surface area is 96.5 Å². The van der Waals surface area contributed by atoms with Crippen molar-refractivity contribution in [3.63, 3.8) is 0 Å². The van der Waals surface area contributed by atoms with E-state index in [4.69, 9.17) is 11.2 Å². The number of ether oxygens (including phenoxy) is 1. The third-order valence-corrected chi connectivity index (χ3v) is 3.27. The fraction of sp³-hybridized carbons (Fsp3) is 0.692. The van der Waals surface area contributed by atoms with E-state index in [0.29, 0.717) is 12.8 Å². The summed E-state index contributed by atoms with van der Waals surface area (Å²) in [6.45, 7) is 0. The SMILES string of the molecule is C#CCC1(C(=O)OC)CCCCCCC1=O. The number of carbonyl (C=O) groups is 2. The smallest absolute Gasteiger partial charge is 0.320 e. The van der Waals surface area contributed by atoms with E-state index in [2.05, 4.69) is 5.92 Å². The van der Waals surface area contributed by atoms with Crippen LogP contribution in [0.2, 0.25) is 0 Å². The number of Topliss-reactive ketones (excluding diaryl/α,β-unsaturated/α-hetero) is 1. The van der Waals surface area contributed by atoms with Crippen molar-refractivity contribution in [3.8, 4) is 12.3 Å². The first-order valence-corrected chi connectivity index (χ1v) is 5.72. The summed E-state index contributed by atoms with van der Waals surface area (Å²) in [5.74, 6) is 1.95. The third kappa shape index (κ3) is 2.44. The molecule has 1 unspecified atom stereocenters. The predicted octanol–water partition coefficient (Wildman–Crippen LogP) is 2.09. The van der Waals surface area contributed by atoms with Crippen molar-refractivity contribution in [3.05, 3.63) is 0 Å². The molecule has 0 aliphatic heterocycles. The monoisotopic (exact) mass is 222 g/mol. The maximum absolute atomic E-state index is 12.1. The maximum Gasteiger partial charge on any atom is 0.320 e. The number of rotatable bonds is 2. The number of esters is 1. The van der Waals surface area contributed by atoms with E-state index in [9.17, 15) is 9.59 Å². The van der Waals surface area contributed by atoms with Gasteiger partial charge in [0, 0.05) is 12.8 Å². The lowest BCUT2D eigenvalue weighted by atomic mass is 9.73. The van der Waals surface area contributed by atoms with Gasteiger partial charge in [0.2, 0.25) is 0 Å². The van der Waals surface area contributed by atoms with Gasteiger partial charge in [0.1, 0.15) is 5.41 Å². The van der Waals surface area contributed by atoms with Gasteiger partial charge in [-0.3, -0.25) is 9.59 Å². The van der Waals surface area contributed by atoms with E-state index in [1.165, 1.54) is 7.11 Å². The molecule has 0 aromatic carbocycles. The van der Waals surface area contributed by atoms with Gasteiger partial charge in [-0.25, -0.2) is 0 Å². The Balaban J connectivity index is 2.97. The normalized spacial score (nSPS) is 26.4. The molecule has 0 bridgehead atoms. The van der Waals surface area contributed by atoms with Crippen molar-refractivity contribution < 1.29 is 14.3 Å². The Morgan fingerprint density at radius 2 is 2.12 bits per heavy atom. The van der Waals surface area contributed by atoms with Gasteiger partial charge in [0.05, 0.1) is 7.11 Å². The second-order valence-corrected chi connectivity index (χ2v) is 4.29. The molecule has 1 aliphatic carbocycles. The Kier molecular flexibility index (Phi) is 4.54. The average Bonchev–Trinajstić information content (AvgIpc) is 2.28. The molecule has 0 aromatic rings. The van der Waals surface area contributed by atoms with Crippen molar-refractivity contribution in [2.24, 2.45) is 5.41 Å². The van der Waals surface area contributed by atoms with Gasteiger partial charge in [-0.15, -0.1) is 12.3 Å². The summed E-state index contributed by atoms with van der Waals surface area (Å²) in [6, 6.07) is 0. The summed E-state index contributed by atoms with van der Waals surface area (Å²) >= 11 is 0. The topological polar surface area (TPSA) is 43.4 Å². The molecule has 0 radical (unpaired) electrons. The number of hydrogen-bond donors (Lipinski definition) is 0. The van der Waals surface area contributed by atoms with Gasteiger partial charge in [-0.2, -0.15) is 0 Å². The van der Waals surface area contributed by atoms with Crippen molar-refractivity contribution in [2.45, 2.75) is 44.9 Å². The third-order valence-electron chi connectivity index (χ3n) is 3.27. The van der Waals surface area contributed by atoms with E-state index in [-0.39, 0.29) is 12.2 Å². The highest BCUT2D eigenvalue weighted by Crippen LogP contribution is 2.35. The number of carbonyl (C=O) groups excluding carboxylic acids is 2. The number of ketones is 1. The molecule has 16 heavy (non-hydrogen) atoms. The first kappa shape index (κ1) is 12.8. The second-order valence-electron chi connectivity index (χ2n) is 4.29. The Bertz CT molecular complexity index is 314. The zero-order valence-electron chi connectivity index (χ0n) is 9.75. The molecule has 3 heteroatoms. The van der Waals surface area contributed by atoms with Crippen LogP contribution in [0.25, 0.3) is 0 Å². The van der Waals surface area contributed by atoms with Crippen LogP contribution in [-0.4, -0.2) is 18.9 Å². The van der Waals surface area contributed by atoms with Gasteiger partial charge >= 0.3 is 5.97 Å². The van der Waals surface area contributed by atoms with E-state index in [1.54, 1.807) is 0 Å².